The predicted molar refractivity (Wildman–Crippen MR) is 89.4 cm³/mol. The molecule has 1 amide bonds. The molecule has 1 aliphatic heterocycles. The van der Waals surface area contributed by atoms with E-state index < -0.39 is 0 Å². The van der Waals surface area contributed by atoms with Crippen LogP contribution >= 0.6 is 0 Å². The van der Waals surface area contributed by atoms with Crippen molar-refractivity contribution in [3.63, 3.8) is 0 Å². The number of carbonyl (C=O) groups excluding carboxylic acids is 1. The first kappa shape index (κ1) is 14.7. The zero-order valence-corrected chi connectivity index (χ0v) is 13.2. The summed E-state index contributed by atoms with van der Waals surface area (Å²) in [5.41, 5.74) is 1.67. The zero-order chi connectivity index (χ0) is 15.8. The van der Waals surface area contributed by atoms with Gasteiger partial charge in [0.2, 0.25) is 0 Å². The number of para-hydroxylation sites is 1. The maximum Gasteiger partial charge on any atom is 0.270 e. The molecular formula is C18H23N3O2. The smallest absolute Gasteiger partial charge is 0.270 e. The van der Waals surface area contributed by atoms with Crippen LogP contribution in [0.3, 0.4) is 0 Å². The van der Waals surface area contributed by atoms with E-state index in [9.17, 15) is 9.90 Å². The van der Waals surface area contributed by atoms with Crippen LogP contribution in [-0.4, -0.2) is 64.1 Å². The molecule has 2 heterocycles. The summed E-state index contributed by atoms with van der Waals surface area (Å²) < 4.78 is 0. The lowest BCUT2D eigenvalue weighted by atomic mass is 10.1. The first-order valence-corrected chi connectivity index (χ1v) is 8.51. The van der Waals surface area contributed by atoms with Gasteiger partial charge in [0.25, 0.3) is 5.91 Å². The Bertz CT molecular complexity index is 670. The number of aliphatic hydroxyl groups is 1. The van der Waals surface area contributed by atoms with Gasteiger partial charge in [-0.15, -0.1) is 0 Å². The number of H-pyrrole nitrogens is 1. The van der Waals surface area contributed by atoms with E-state index in [0.29, 0.717) is 11.7 Å². The van der Waals surface area contributed by atoms with E-state index in [1.165, 1.54) is 0 Å². The SMILES string of the molecule is O=C(c1cc2ccccc2[nH]1)N1CCN([C@H]2CCC[C@H]2O)CC1. The van der Waals surface area contributed by atoms with Gasteiger partial charge in [0.1, 0.15) is 5.69 Å². The third-order valence-electron chi connectivity index (χ3n) is 5.27. The molecule has 1 aliphatic carbocycles. The summed E-state index contributed by atoms with van der Waals surface area (Å²) in [5.74, 6) is 0.0767. The molecule has 0 radical (unpaired) electrons. The summed E-state index contributed by atoms with van der Waals surface area (Å²) in [6.45, 7) is 3.18. The van der Waals surface area contributed by atoms with E-state index in [0.717, 1.165) is 56.3 Å². The number of benzene rings is 1. The van der Waals surface area contributed by atoms with Crippen LogP contribution in [0.1, 0.15) is 29.8 Å². The number of nitrogens with zero attached hydrogens (tertiary/aromatic N) is 2. The van der Waals surface area contributed by atoms with Crippen LogP contribution in [0.25, 0.3) is 10.9 Å². The predicted octanol–water partition coefficient (Wildman–Crippen LogP) is 1.84. The monoisotopic (exact) mass is 313 g/mol. The van der Waals surface area contributed by atoms with Gasteiger partial charge in [-0.2, -0.15) is 0 Å². The van der Waals surface area contributed by atoms with Crippen molar-refractivity contribution in [1.29, 1.82) is 0 Å². The number of rotatable bonds is 2. The van der Waals surface area contributed by atoms with Gasteiger partial charge in [-0.1, -0.05) is 18.2 Å². The molecule has 1 saturated heterocycles. The van der Waals surface area contributed by atoms with Gasteiger partial charge >= 0.3 is 0 Å². The zero-order valence-electron chi connectivity index (χ0n) is 13.2. The Morgan fingerprint density at radius 1 is 1.13 bits per heavy atom. The van der Waals surface area contributed by atoms with Crippen LogP contribution in [0.15, 0.2) is 30.3 Å². The van der Waals surface area contributed by atoms with E-state index in [1.807, 2.05) is 35.2 Å². The summed E-state index contributed by atoms with van der Waals surface area (Å²) in [6.07, 6.45) is 2.92. The minimum Gasteiger partial charge on any atom is -0.391 e. The van der Waals surface area contributed by atoms with E-state index in [4.69, 9.17) is 0 Å². The fraction of sp³-hybridized carbons (Fsp3) is 0.500. The van der Waals surface area contributed by atoms with Crippen molar-refractivity contribution in [2.75, 3.05) is 26.2 Å². The van der Waals surface area contributed by atoms with Gasteiger partial charge in [-0.05, 0) is 31.4 Å². The minimum atomic E-state index is -0.189. The average molecular weight is 313 g/mol. The lowest BCUT2D eigenvalue weighted by molar-refractivity contribution is 0.0313. The molecule has 5 nitrogen and oxygen atoms in total. The third kappa shape index (κ3) is 2.75. The molecule has 4 rings (SSSR count). The maximum atomic E-state index is 12.7. The van der Waals surface area contributed by atoms with Crippen LogP contribution in [0.4, 0.5) is 0 Å². The molecule has 2 aromatic rings. The third-order valence-corrected chi connectivity index (χ3v) is 5.27. The van der Waals surface area contributed by atoms with Crippen molar-refractivity contribution in [1.82, 2.24) is 14.8 Å². The van der Waals surface area contributed by atoms with E-state index >= 15 is 0 Å². The molecule has 5 heteroatoms. The van der Waals surface area contributed by atoms with Crippen molar-refractivity contribution < 1.29 is 9.90 Å². The topological polar surface area (TPSA) is 59.6 Å². The molecule has 0 unspecified atom stereocenters. The van der Waals surface area contributed by atoms with Crippen LogP contribution in [0, 0.1) is 0 Å². The number of nitrogens with one attached hydrogen (secondary N) is 1. The average Bonchev–Trinajstić information content (AvgIpc) is 3.20. The van der Waals surface area contributed by atoms with E-state index in [2.05, 4.69) is 9.88 Å². The quantitative estimate of drug-likeness (QED) is 0.889. The minimum absolute atomic E-state index is 0.0767. The molecular weight excluding hydrogens is 290 g/mol. The van der Waals surface area contributed by atoms with Crippen LogP contribution < -0.4 is 0 Å². The van der Waals surface area contributed by atoms with Gasteiger partial charge in [-0.3, -0.25) is 9.69 Å². The number of aliphatic hydroxyl groups excluding tert-OH is 1. The highest BCUT2D eigenvalue weighted by Gasteiger charge is 2.33. The number of aromatic nitrogens is 1. The molecule has 2 aliphatic rings. The van der Waals surface area contributed by atoms with Gasteiger partial charge < -0.3 is 15.0 Å². The summed E-state index contributed by atoms with van der Waals surface area (Å²) in [4.78, 5) is 20.2. The molecule has 1 aromatic heterocycles. The van der Waals surface area contributed by atoms with Gasteiger partial charge in [0, 0.05) is 43.1 Å². The lowest BCUT2D eigenvalue weighted by Crippen LogP contribution is -2.53. The van der Waals surface area contributed by atoms with E-state index in [1.54, 1.807) is 0 Å². The van der Waals surface area contributed by atoms with Gasteiger partial charge in [0.05, 0.1) is 6.10 Å². The van der Waals surface area contributed by atoms with Crippen LogP contribution in [-0.2, 0) is 0 Å². The summed E-state index contributed by atoms with van der Waals surface area (Å²) in [5, 5.41) is 11.1. The maximum absolute atomic E-state index is 12.7. The molecule has 1 aromatic carbocycles. The summed E-state index contributed by atoms with van der Waals surface area (Å²) in [7, 11) is 0. The number of piperazine rings is 1. The Morgan fingerprint density at radius 2 is 1.91 bits per heavy atom. The number of aromatic amines is 1. The number of carbonyl (C=O) groups is 1. The van der Waals surface area contributed by atoms with Crippen molar-refractivity contribution in [3.8, 4) is 0 Å². The first-order valence-electron chi connectivity index (χ1n) is 8.51. The first-order chi connectivity index (χ1) is 11.2. The fourth-order valence-corrected chi connectivity index (χ4v) is 3.96. The molecule has 2 N–H and O–H groups in total. The molecule has 1 saturated carbocycles. The molecule has 2 fully saturated rings. The summed E-state index contributed by atoms with van der Waals surface area (Å²) in [6, 6.07) is 10.2. The number of hydrogen-bond acceptors (Lipinski definition) is 3. The molecule has 0 bridgehead atoms. The Hall–Kier alpha value is -1.85. The second kappa shape index (κ2) is 5.98. The fourth-order valence-electron chi connectivity index (χ4n) is 3.96. The molecule has 0 spiro atoms. The highest BCUT2D eigenvalue weighted by Crippen LogP contribution is 2.25. The second-order valence-electron chi connectivity index (χ2n) is 6.66. The standard InChI is InChI=1S/C18H23N3O2/c22-17-7-3-6-16(17)20-8-10-21(11-9-20)18(23)15-12-13-4-1-2-5-14(13)19-15/h1-2,4-5,12,16-17,19,22H,3,6-11H2/t16-,17+/m0/s1. The largest absolute Gasteiger partial charge is 0.391 e. The van der Waals surface area contributed by atoms with Crippen LogP contribution in [0.5, 0.6) is 0 Å². The Labute approximate surface area is 135 Å². The Balaban J connectivity index is 1.42. The number of amides is 1. The Kier molecular flexibility index (Phi) is 3.83. The lowest BCUT2D eigenvalue weighted by Gasteiger charge is -2.38. The van der Waals surface area contributed by atoms with Crippen molar-refractivity contribution in [3.05, 3.63) is 36.0 Å². The van der Waals surface area contributed by atoms with Crippen molar-refractivity contribution in [2.45, 2.75) is 31.4 Å². The normalized spacial score (nSPS) is 26.0. The van der Waals surface area contributed by atoms with Gasteiger partial charge in [-0.25, -0.2) is 0 Å². The van der Waals surface area contributed by atoms with Crippen LogP contribution in [0.2, 0.25) is 0 Å². The highest BCUT2D eigenvalue weighted by molar-refractivity contribution is 5.98. The number of hydrogen-bond donors (Lipinski definition) is 2. The van der Waals surface area contributed by atoms with Crippen molar-refractivity contribution in [2.24, 2.45) is 0 Å². The second-order valence-corrected chi connectivity index (χ2v) is 6.66. The van der Waals surface area contributed by atoms with E-state index in [-0.39, 0.29) is 12.0 Å². The molecule has 2 atom stereocenters. The summed E-state index contributed by atoms with van der Waals surface area (Å²) >= 11 is 0. The molecule has 23 heavy (non-hydrogen) atoms. The highest BCUT2D eigenvalue weighted by atomic mass is 16.3. The number of fused-ring (bicyclic) bond motifs is 1. The molecule has 122 valence electrons. The van der Waals surface area contributed by atoms with Crippen molar-refractivity contribution >= 4 is 16.8 Å². The van der Waals surface area contributed by atoms with Gasteiger partial charge in [0.15, 0.2) is 0 Å². The Morgan fingerprint density at radius 3 is 2.61 bits per heavy atom.